The smallest absolute Gasteiger partial charge is 0.238 e. The fourth-order valence-electron chi connectivity index (χ4n) is 3.08. The van der Waals surface area contributed by atoms with Crippen molar-refractivity contribution >= 4 is 17.7 Å². The predicted octanol–water partition coefficient (Wildman–Crippen LogP) is 3.81. The molecule has 0 radical (unpaired) electrons. The summed E-state index contributed by atoms with van der Waals surface area (Å²) in [4.78, 5) is 14.4. The number of amides is 1. The Hall–Kier alpha value is -1.04. The van der Waals surface area contributed by atoms with Crippen molar-refractivity contribution in [3.63, 3.8) is 0 Å². The number of nitrogens with zero attached hydrogens (tertiary/aromatic N) is 1. The Bertz CT molecular complexity index is 497. The minimum absolute atomic E-state index is 0.00805. The second-order valence-corrected chi connectivity index (χ2v) is 7.45. The Kier molecular flexibility index (Phi) is 10.2. The average Bonchev–Trinajstić information content (AvgIpc) is 2.87. The first-order valence-electron chi connectivity index (χ1n) is 9.41. The molecule has 1 aliphatic heterocycles. The van der Waals surface area contributed by atoms with Gasteiger partial charge in [-0.05, 0) is 18.4 Å². The van der Waals surface area contributed by atoms with Crippen LogP contribution in [0, 0.1) is 0 Å². The Morgan fingerprint density at radius 1 is 1.24 bits per heavy atom. The molecule has 0 spiro atoms. The van der Waals surface area contributed by atoms with Gasteiger partial charge in [-0.3, -0.25) is 4.79 Å². The lowest BCUT2D eigenvalue weighted by Gasteiger charge is -2.33. The van der Waals surface area contributed by atoms with Gasteiger partial charge in [0.2, 0.25) is 5.91 Å². The monoisotopic (exact) mass is 367 g/mol. The van der Waals surface area contributed by atoms with Crippen molar-refractivity contribution in [1.29, 1.82) is 0 Å². The van der Waals surface area contributed by atoms with E-state index in [1.165, 1.54) is 11.8 Å². The van der Waals surface area contributed by atoms with Crippen LogP contribution in [0.3, 0.4) is 0 Å². The van der Waals surface area contributed by atoms with Crippen LogP contribution >= 0.6 is 11.8 Å². The maximum atomic E-state index is 12.7. The summed E-state index contributed by atoms with van der Waals surface area (Å²) in [6.45, 7) is 6.63. The van der Waals surface area contributed by atoms with Crippen LogP contribution in [0.5, 0.6) is 0 Å². The molecule has 2 unspecified atom stereocenters. The molecule has 1 aromatic rings. The van der Waals surface area contributed by atoms with E-state index >= 15 is 0 Å². The van der Waals surface area contributed by atoms with Crippen molar-refractivity contribution in [2.45, 2.75) is 70.4 Å². The molecule has 1 saturated heterocycles. The lowest BCUT2D eigenvalue weighted by molar-refractivity contribution is -0.148. The highest BCUT2D eigenvalue weighted by Crippen LogP contribution is 2.39. The quantitative estimate of drug-likeness (QED) is 0.652. The number of thioether (sulfide) groups is 1. The normalized spacial score (nSPS) is 22.7. The van der Waals surface area contributed by atoms with Crippen LogP contribution < -0.4 is 0 Å². The number of unbranched alkanes of at least 4 members (excludes halogenated alkanes) is 2. The summed E-state index contributed by atoms with van der Waals surface area (Å²) in [5.41, 5.74) is -0.0301. The third-order valence-electron chi connectivity index (χ3n) is 4.33. The van der Waals surface area contributed by atoms with E-state index in [1.54, 1.807) is 4.90 Å². The Labute approximate surface area is 156 Å². The van der Waals surface area contributed by atoms with E-state index in [2.05, 4.69) is 6.92 Å². The summed E-state index contributed by atoms with van der Waals surface area (Å²) in [7, 11) is 0. The van der Waals surface area contributed by atoms with E-state index in [9.17, 15) is 9.90 Å². The van der Waals surface area contributed by atoms with Crippen LogP contribution in [0.1, 0.15) is 58.4 Å². The Balaban J connectivity index is 0.00000151. The van der Waals surface area contributed by atoms with Crippen LogP contribution in [-0.4, -0.2) is 44.4 Å². The molecule has 1 aliphatic rings. The maximum absolute atomic E-state index is 12.7. The largest absolute Gasteiger partial charge is 0.396 e. The SMILES string of the molecule is CC.CCCCCC1(O)CC(SCCO)C(=O)N1Cc1ccccc1. The molecule has 0 saturated carbocycles. The van der Waals surface area contributed by atoms with Crippen molar-refractivity contribution in [2.24, 2.45) is 0 Å². The first kappa shape index (κ1) is 22.0. The molecule has 1 amide bonds. The van der Waals surface area contributed by atoms with Crippen LogP contribution in [0.25, 0.3) is 0 Å². The first-order valence-corrected chi connectivity index (χ1v) is 10.5. The van der Waals surface area contributed by atoms with Crippen LogP contribution in [0.4, 0.5) is 0 Å². The van der Waals surface area contributed by atoms with Gasteiger partial charge in [-0.25, -0.2) is 0 Å². The third kappa shape index (κ3) is 6.32. The minimum atomic E-state index is -1.06. The number of likely N-dealkylation sites (tertiary alicyclic amines) is 1. The molecule has 0 aliphatic carbocycles. The predicted molar refractivity (Wildman–Crippen MR) is 105 cm³/mol. The van der Waals surface area contributed by atoms with E-state index in [0.29, 0.717) is 25.1 Å². The van der Waals surface area contributed by atoms with Gasteiger partial charge in [-0.2, -0.15) is 0 Å². The molecule has 2 N–H and O–H groups in total. The summed E-state index contributed by atoms with van der Waals surface area (Å²) in [6, 6.07) is 9.80. The van der Waals surface area contributed by atoms with Gasteiger partial charge in [-0.1, -0.05) is 63.9 Å². The van der Waals surface area contributed by atoms with Gasteiger partial charge in [0, 0.05) is 18.7 Å². The zero-order valence-electron chi connectivity index (χ0n) is 15.8. The van der Waals surface area contributed by atoms with Gasteiger partial charge in [0.25, 0.3) is 0 Å². The first-order chi connectivity index (χ1) is 12.1. The molecule has 25 heavy (non-hydrogen) atoms. The number of carbonyl (C=O) groups excluding carboxylic acids is 1. The van der Waals surface area contributed by atoms with Gasteiger partial charge >= 0.3 is 0 Å². The summed E-state index contributed by atoms with van der Waals surface area (Å²) in [5.74, 6) is 0.520. The number of aliphatic hydroxyl groups excluding tert-OH is 1. The van der Waals surface area contributed by atoms with Gasteiger partial charge < -0.3 is 15.1 Å². The lowest BCUT2D eigenvalue weighted by atomic mass is 10.0. The lowest BCUT2D eigenvalue weighted by Crippen LogP contribution is -2.45. The van der Waals surface area contributed by atoms with Crippen molar-refractivity contribution in [1.82, 2.24) is 4.90 Å². The van der Waals surface area contributed by atoms with Crippen LogP contribution in [0.15, 0.2) is 30.3 Å². The molecule has 4 nitrogen and oxygen atoms in total. The average molecular weight is 368 g/mol. The van der Waals surface area contributed by atoms with Crippen LogP contribution in [-0.2, 0) is 11.3 Å². The number of aliphatic hydroxyl groups is 2. The highest BCUT2D eigenvalue weighted by atomic mass is 32.2. The summed E-state index contributed by atoms with van der Waals surface area (Å²) >= 11 is 1.45. The third-order valence-corrected chi connectivity index (χ3v) is 5.52. The topological polar surface area (TPSA) is 60.8 Å². The molecule has 0 bridgehead atoms. The van der Waals surface area contributed by atoms with E-state index in [-0.39, 0.29) is 17.8 Å². The minimum Gasteiger partial charge on any atom is -0.396 e. The number of benzene rings is 1. The van der Waals surface area contributed by atoms with Gasteiger partial charge in [0.15, 0.2) is 0 Å². The van der Waals surface area contributed by atoms with Gasteiger partial charge in [-0.15, -0.1) is 11.8 Å². The second-order valence-electron chi connectivity index (χ2n) is 6.14. The highest BCUT2D eigenvalue weighted by Gasteiger charge is 2.49. The molecule has 0 aromatic heterocycles. The number of hydrogen-bond acceptors (Lipinski definition) is 4. The molecule has 2 atom stereocenters. The number of hydrogen-bond donors (Lipinski definition) is 2. The summed E-state index contributed by atoms with van der Waals surface area (Å²) in [6.07, 6.45) is 4.14. The zero-order chi connectivity index (χ0) is 18.7. The van der Waals surface area contributed by atoms with E-state index in [0.717, 1.165) is 24.8 Å². The van der Waals surface area contributed by atoms with Crippen molar-refractivity contribution in [3.05, 3.63) is 35.9 Å². The molecule has 1 heterocycles. The second kappa shape index (κ2) is 11.6. The standard InChI is InChI=1S/C18H27NO3S.C2H6/c1-2-3-7-10-18(22)13-16(23-12-11-20)17(21)19(18)14-15-8-5-4-6-9-15;1-2/h4-6,8-9,16,20,22H,2-3,7,10-14H2,1H3;1-2H3. The number of carbonyl (C=O) groups is 1. The van der Waals surface area contributed by atoms with E-state index < -0.39 is 5.72 Å². The molecule has 1 aromatic carbocycles. The molecular formula is C20H33NO3S. The highest BCUT2D eigenvalue weighted by molar-refractivity contribution is 8.00. The molecule has 2 rings (SSSR count). The zero-order valence-corrected chi connectivity index (χ0v) is 16.6. The van der Waals surface area contributed by atoms with Crippen LogP contribution in [0.2, 0.25) is 0 Å². The summed E-state index contributed by atoms with van der Waals surface area (Å²) < 4.78 is 0. The van der Waals surface area contributed by atoms with Gasteiger partial charge in [0.1, 0.15) is 5.72 Å². The van der Waals surface area contributed by atoms with Crippen molar-refractivity contribution in [2.75, 3.05) is 12.4 Å². The molecule has 5 heteroatoms. The fourth-order valence-corrected chi connectivity index (χ4v) is 4.13. The molecular weight excluding hydrogens is 334 g/mol. The van der Waals surface area contributed by atoms with Crippen molar-refractivity contribution < 1.29 is 15.0 Å². The van der Waals surface area contributed by atoms with E-state index in [4.69, 9.17) is 5.11 Å². The van der Waals surface area contributed by atoms with Crippen molar-refractivity contribution in [3.8, 4) is 0 Å². The summed E-state index contributed by atoms with van der Waals surface area (Å²) in [5, 5.41) is 19.9. The molecule has 1 fully saturated rings. The Morgan fingerprint density at radius 3 is 2.52 bits per heavy atom. The van der Waals surface area contributed by atoms with Gasteiger partial charge in [0.05, 0.1) is 11.9 Å². The maximum Gasteiger partial charge on any atom is 0.238 e. The van der Waals surface area contributed by atoms with E-state index in [1.807, 2.05) is 44.2 Å². The molecule has 142 valence electrons. The Morgan fingerprint density at radius 2 is 1.92 bits per heavy atom. The number of rotatable bonds is 9. The fraction of sp³-hybridized carbons (Fsp3) is 0.650.